The first-order valence-electron chi connectivity index (χ1n) is 15.2. The molecule has 2 fully saturated rings. The van der Waals surface area contributed by atoms with Crippen molar-refractivity contribution in [1.29, 1.82) is 0 Å². The number of nitrogens with zero attached hydrogens (tertiary/aromatic N) is 2. The molecule has 1 aromatic heterocycles. The lowest BCUT2D eigenvalue weighted by Crippen LogP contribution is -2.33. The number of halogens is 3. The van der Waals surface area contributed by atoms with Crippen molar-refractivity contribution >= 4 is 17.5 Å². The van der Waals surface area contributed by atoms with Gasteiger partial charge in [0.2, 0.25) is 5.91 Å². The van der Waals surface area contributed by atoms with Gasteiger partial charge >= 0.3 is 6.18 Å². The fourth-order valence-corrected chi connectivity index (χ4v) is 6.52. The SMILES string of the molecule is CC(=O)c1cccc(-c2ccc(C3(O)CCC(C[C@H]4CCN(C(=O)CCC(=O)c5cccc(C(F)(F)F)c5)C4)CC3)nc2)c1. The fraction of sp³-hybridized carbons (Fsp3) is 0.429. The van der Waals surface area contributed by atoms with Gasteiger partial charge in [0.25, 0.3) is 0 Å². The number of ketones is 2. The lowest BCUT2D eigenvalue weighted by atomic mass is 9.74. The second-order valence-corrected chi connectivity index (χ2v) is 12.3. The Labute approximate surface area is 255 Å². The number of rotatable bonds is 9. The van der Waals surface area contributed by atoms with Crippen molar-refractivity contribution < 1.29 is 32.7 Å². The number of carbonyl (C=O) groups excluding carboxylic acids is 3. The average Bonchev–Trinajstić information content (AvgIpc) is 3.49. The molecule has 3 aromatic rings. The molecule has 1 atom stereocenters. The van der Waals surface area contributed by atoms with Crippen LogP contribution in [-0.2, 0) is 16.6 Å². The van der Waals surface area contributed by atoms with E-state index in [1.807, 2.05) is 30.3 Å². The molecular formula is C35H37F3N2O4. The van der Waals surface area contributed by atoms with Crippen molar-refractivity contribution in [3.63, 3.8) is 0 Å². The van der Waals surface area contributed by atoms with Crippen molar-refractivity contribution in [2.75, 3.05) is 13.1 Å². The first-order valence-corrected chi connectivity index (χ1v) is 15.2. The lowest BCUT2D eigenvalue weighted by molar-refractivity contribution is -0.137. The largest absolute Gasteiger partial charge is 0.416 e. The number of pyridine rings is 1. The summed E-state index contributed by atoms with van der Waals surface area (Å²) in [5.41, 5.74) is 1.19. The van der Waals surface area contributed by atoms with Crippen LogP contribution in [0.25, 0.3) is 11.1 Å². The first kappa shape index (κ1) is 31.6. The number of benzene rings is 2. The van der Waals surface area contributed by atoms with E-state index in [0.29, 0.717) is 49.0 Å². The van der Waals surface area contributed by atoms with Crippen molar-refractivity contribution in [2.45, 2.75) is 70.1 Å². The molecule has 9 heteroatoms. The van der Waals surface area contributed by atoms with Crippen LogP contribution in [0.2, 0.25) is 0 Å². The van der Waals surface area contributed by atoms with Crippen LogP contribution in [0, 0.1) is 11.8 Å². The molecular weight excluding hydrogens is 569 g/mol. The van der Waals surface area contributed by atoms with E-state index >= 15 is 0 Å². The molecule has 1 N–H and O–H groups in total. The summed E-state index contributed by atoms with van der Waals surface area (Å²) in [6.45, 7) is 2.77. The van der Waals surface area contributed by atoms with E-state index < -0.39 is 23.1 Å². The van der Waals surface area contributed by atoms with Gasteiger partial charge < -0.3 is 10.0 Å². The second-order valence-electron chi connectivity index (χ2n) is 12.3. The predicted octanol–water partition coefficient (Wildman–Crippen LogP) is 7.25. The van der Waals surface area contributed by atoms with Crippen molar-refractivity contribution in [3.05, 3.63) is 89.2 Å². The monoisotopic (exact) mass is 606 g/mol. The minimum atomic E-state index is -4.53. The number of likely N-dealkylation sites (tertiary alicyclic amines) is 1. The van der Waals surface area contributed by atoms with Gasteiger partial charge in [0.05, 0.1) is 11.3 Å². The van der Waals surface area contributed by atoms with Crippen LogP contribution in [0.15, 0.2) is 66.9 Å². The average molecular weight is 607 g/mol. The van der Waals surface area contributed by atoms with Crippen molar-refractivity contribution in [1.82, 2.24) is 9.88 Å². The maximum atomic E-state index is 13.0. The summed E-state index contributed by atoms with van der Waals surface area (Å²) in [7, 11) is 0. The summed E-state index contributed by atoms with van der Waals surface area (Å²) in [5.74, 6) is 0.168. The zero-order valence-electron chi connectivity index (χ0n) is 24.8. The van der Waals surface area contributed by atoms with Gasteiger partial charge in [-0.2, -0.15) is 13.2 Å². The minimum absolute atomic E-state index is 0.00312. The molecule has 1 saturated heterocycles. The molecule has 44 heavy (non-hydrogen) atoms. The number of alkyl halides is 3. The van der Waals surface area contributed by atoms with Crippen LogP contribution >= 0.6 is 0 Å². The van der Waals surface area contributed by atoms with Gasteiger partial charge in [-0.1, -0.05) is 36.4 Å². The number of aromatic nitrogens is 1. The second kappa shape index (κ2) is 13.0. The Balaban J connectivity index is 1.08. The maximum absolute atomic E-state index is 13.0. The van der Waals surface area contributed by atoms with Crippen LogP contribution in [0.3, 0.4) is 0 Å². The van der Waals surface area contributed by atoms with Gasteiger partial charge in [-0.3, -0.25) is 19.4 Å². The molecule has 2 heterocycles. The Morgan fingerprint density at radius 3 is 2.32 bits per heavy atom. The Morgan fingerprint density at radius 2 is 1.64 bits per heavy atom. The Morgan fingerprint density at radius 1 is 0.909 bits per heavy atom. The highest BCUT2D eigenvalue weighted by atomic mass is 19.4. The standard InChI is InChI=1S/C35H37F3N2O4/c1-23(41)26-4-2-5-27(19-26)29-8-10-32(39-21-29)34(44)15-12-24(13-16-34)18-25-14-17-40(22-25)33(43)11-9-31(42)28-6-3-7-30(20-28)35(36,37)38/h2-8,10,19-21,24-25,44H,9,11-18,22H2,1H3/t24?,25-,34?/m1/s1. The molecule has 5 rings (SSSR count). The molecule has 6 nitrogen and oxygen atoms in total. The lowest BCUT2D eigenvalue weighted by Gasteiger charge is -2.36. The molecule has 0 bridgehead atoms. The number of hydrogen-bond acceptors (Lipinski definition) is 5. The molecule has 1 aliphatic carbocycles. The van der Waals surface area contributed by atoms with Crippen LogP contribution < -0.4 is 0 Å². The summed E-state index contributed by atoms with van der Waals surface area (Å²) in [4.78, 5) is 43.3. The molecule has 232 valence electrons. The van der Waals surface area contributed by atoms with E-state index in [4.69, 9.17) is 0 Å². The van der Waals surface area contributed by atoms with E-state index in [0.717, 1.165) is 48.9 Å². The summed E-state index contributed by atoms with van der Waals surface area (Å²) in [6, 6.07) is 15.5. The van der Waals surface area contributed by atoms with Crippen LogP contribution in [0.1, 0.15) is 90.3 Å². The molecule has 2 aromatic carbocycles. The zero-order chi connectivity index (χ0) is 31.5. The van der Waals surface area contributed by atoms with E-state index in [1.54, 1.807) is 17.2 Å². The third-order valence-corrected chi connectivity index (χ3v) is 9.16. The van der Waals surface area contributed by atoms with Gasteiger partial charge in [-0.05, 0) is 87.1 Å². The van der Waals surface area contributed by atoms with Gasteiger partial charge in [-0.25, -0.2) is 0 Å². The van der Waals surface area contributed by atoms with E-state index in [-0.39, 0.29) is 30.1 Å². The number of amides is 1. The van der Waals surface area contributed by atoms with Gasteiger partial charge in [0.15, 0.2) is 11.6 Å². The molecule has 0 unspecified atom stereocenters. The normalized spacial score (nSPS) is 22.2. The number of Topliss-reactive ketones (excluding diaryl/α,β-unsaturated/α-hetero) is 2. The molecule has 1 amide bonds. The van der Waals surface area contributed by atoms with Gasteiger partial charge in [0.1, 0.15) is 5.60 Å². The molecule has 2 aliphatic rings. The maximum Gasteiger partial charge on any atom is 0.416 e. The van der Waals surface area contributed by atoms with Gasteiger partial charge in [-0.15, -0.1) is 0 Å². The number of carbonyl (C=O) groups is 3. The summed E-state index contributed by atoms with van der Waals surface area (Å²) < 4.78 is 38.9. The predicted molar refractivity (Wildman–Crippen MR) is 160 cm³/mol. The summed E-state index contributed by atoms with van der Waals surface area (Å²) >= 11 is 0. The number of aliphatic hydroxyl groups is 1. The van der Waals surface area contributed by atoms with E-state index in [9.17, 15) is 32.7 Å². The minimum Gasteiger partial charge on any atom is -0.384 e. The highest BCUT2D eigenvalue weighted by Crippen LogP contribution is 2.42. The molecule has 0 spiro atoms. The Bertz CT molecular complexity index is 1510. The Kier molecular flexibility index (Phi) is 9.34. The van der Waals surface area contributed by atoms with Crippen molar-refractivity contribution in [3.8, 4) is 11.1 Å². The smallest absolute Gasteiger partial charge is 0.384 e. The fourth-order valence-electron chi connectivity index (χ4n) is 6.52. The van der Waals surface area contributed by atoms with Crippen LogP contribution in [-0.4, -0.2) is 45.6 Å². The van der Waals surface area contributed by atoms with Gasteiger partial charge in [0, 0.05) is 48.8 Å². The number of hydrogen-bond donors (Lipinski definition) is 1. The zero-order valence-corrected chi connectivity index (χ0v) is 24.8. The van der Waals surface area contributed by atoms with Crippen LogP contribution in [0.5, 0.6) is 0 Å². The summed E-state index contributed by atoms with van der Waals surface area (Å²) in [6.07, 6.45) is 1.84. The quantitative estimate of drug-likeness (QED) is 0.259. The topological polar surface area (TPSA) is 87.6 Å². The van der Waals surface area contributed by atoms with Crippen LogP contribution in [0.4, 0.5) is 13.2 Å². The molecule has 0 radical (unpaired) electrons. The molecule has 1 aliphatic heterocycles. The third-order valence-electron chi connectivity index (χ3n) is 9.16. The van der Waals surface area contributed by atoms with Crippen molar-refractivity contribution in [2.24, 2.45) is 11.8 Å². The Hall–Kier alpha value is -3.85. The van der Waals surface area contributed by atoms with E-state index in [1.165, 1.54) is 19.1 Å². The third kappa shape index (κ3) is 7.44. The summed E-state index contributed by atoms with van der Waals surface area (Å²) in [5, 5.41) is 11.4. The molecule has 1 saturated carbocycles. The van der Waals surface area contributed by atoms with E-state index in [2.05, 4.69) is 4.98 Å². The highest BCUT2D eigenvalue weighted by Gasteiger charge is 2.38. The highest BCUT2D eigenvalue weighted by molar-refractivity contribution is 5.98. The first-order chi connectivity index (χ1) is 20.9.